The second-order valence-corrected chi connectivity index (χ2v) is 6.94. The van der Waals surface area contributed by atoms with E-state index in [-0.39, 0.29) is 42.8 Å². The molecule has 0 atom stereocenters. The summed E-state index contributed by atoms with van der Waals surface area (Å²) in [5.41, 5.74) is 0.0219. The van der Waals surface area contributed by atoms with Crippen molar-refractivity contribution in [1.29, 1.82) is 0 Å². The van der Waals surface area contributed by atoms with Crippen LogP contribution in [0.1, 0.15) is 37.6 Å². The lowest BCUT2D eigenvalue weighted by Gasteiger charge is -2.23. The quantitative estimate of drug-likeness (QED) is 0.819. The van der Waals surface area contributed by atoms with Crippen molar-refractivity contribution in [2.45, 2.75) is 32.7 Å². The summed E-state index contributed by atoms with van der Waals surface area (Å²) in [5, 5.41) is 5.79. The van der Waals surface area contributed by atoms with Crippen molar-refractivity contribution in [2.75, 3.05) is 20.1 Å². The maximum atomic E-state index is 12.0. The Morgan fingerprint density at radius 1 is 1.17 bits per heavy atom. The number of hydrogen-bond acceptors (Lipinski definition) is 3. The topological polar surface area (TPSA) is 78.5 Å². The molecule has 132 valence electrons. The molecular weight excluding hydrogens is 330 g/mol. The zero-order valence-corrected chi connectivity index (χ0v) is 15.2. The minimum absolute atomic E-state index is 0.0193. The second-order valence-electron chi connectivity index (χ2n) is 6.53. The zero-order chi connectivity index (χ0) is 18.3. The fraction of sp³-hybridized carbons (Fsp3) is 0.471. The van der Waals surface area contributed by atoms with Gasteiger partial charge in [-0.05, 0) is 32.9 Å². The molecule has 1 aromatic rings. The van der Waals surface area contributed by atoms with E-state index in [1.165, 1.54) is 4.90 Å². The van der Waals surface area contributed by atoms with Crippen molar-refractivity contribution >= 4 is 29.3 Å². The molecular formula is C17H24ClN3O3. The minimum Gasteiger partial charge on any atom is -0.351 e. The molecule has 0 bridgehead atoms. The summed E-state index contributed by atoms with van der Waals surface area (Å²) >= 11 is 5.94. The highest BCUT2D eigenvalue weighted by Crippen LogP contribution is 2.14. The third kappa shape index (κ3) is 7.00. The van der Waals surface area contributed by atoms with Gasteiger partial charge in [0, 0.05) is 25.6 Å². The smallest absolute Gasteiger partial charge is 0.252 e. The Kier molecular flexibility index (Phi) is 7.22. The van der Waals surface area contributed by atoms with Gasteiger partial charge in [-0.1, -0.05) is 23.7 Å². The number of nitrogens with one attached hydrogen (secondary N) is 2. The zero-order valence-electron chi connectivity index (χ0n) is 14.5. The number of carbonyl (C=O) groups excluding carboxylic acids is 3. The standard InChI is InChI=1S/C17H24ClN3O3/c1-17(2,3)20-14(22)11-21(4)15(23)9-10-19-16(24)12-7-5-6-8-13(12)18/h5-8H,9-11H2,1-4H3,(H,19,24)(H,20,22). The molecule has 0 saturated carbocycles. The van der Waals surface area contributed by atoms with E-state index in [1.807, 2.05) is 20.8 Å². The van der Waals surface area contributed by atoms with Crippen LogP contribution in [-0.4, -0.2) is 48.3 Å². The van der Waals surface area contributed by atoms with Gasteiger partial charge in [0.25, 0.3) is 5.91 Å². The molecule has 0 aromatic heterocycles. The van der Waals surface area contributed by atoms with Crippen molar-refractivity contribution in [3.63, 3.8) is 0 Å². The van der Waals surface area contributed by atoms with Crippen LogP contribution in [0.5, 0.6) is 0 Å². The molecule has 1 rings (SSSR count). The molecule has 0 saturated heterocycles. The van der Waals surface area contributed by atoms with Crippen LogP contribution >= 0.6 is 11.6 Å². The maximum absolute atomic E-state index is 12.0. The van der Waals surface area contributed by atoms with Gasteiger partial charge in [0.2, 0.25) is 11.8 Å². The Morgan fingerprint density at radius 2 is 1.79 bits per heavy atom. The molecule has 6 nitrogen and oxygen atoms in total. The molecule has 0 radical (unpaired) electrons. The molecule has 2 N–H and O–H groups in total. The molecule has 0 spiro atoms. The third-order valence-corrected chi connectivity index (χ3v) is 3.39. The molecule has 0 heterocycles. The first-order chi connectivity index (χ1) is 11.1. The van der Waals surface area contributed by atoms with Crippen LogP contribution < -0.4 is 10.6 Å². The van der Waals surface area contributed by atoms with Gasteiger partial charge in [0.15, 0.2) is 0 Å². The molecule has 0 aliphatic carbocycles. The van der Waals surface area contributed by atoms with E-state index in [2.05, 4.69) is 10.6 Å². The highest BCUT2D eigenvalue weighted by Gasteiger charge is 2.18. The normalized spacial score (nSPS) is 10.9. The lowest BCUT2D eigenvalue weighted by molar-refractivity contribution is -0.135. The summed E-state index contributed by atoms with van der Waals surface area (Å²) < 4.78 is 0. The van der Waals surface area contributed by atoms with E-state index >= 15 is 0 Å². The van der Waals surface area contributed by atoms with E-state index in [4.69, 9.17) is 11.6 Å². The van der Waals surface area contributed by atoms with Crippen LogP contribution in [0.25, 0.3) is 0 Å². The fourth-order valence-corrected chi connectivity index (χ4v) is 2.20. The fourth-order valence-electron chi connectivity index (χ4n) is 1.98. The van der Waals surface area contributed by atoms with E-state index in [9.17, 15) is 14.4 Å². The summed E-state index contributed by atoms with van der Waals surface area (Å²) in [6.07, 6.45) is 0.107. The molecule has 0 aliphatic rings. The lowest BCUT2D eigenvalue weighted by Crippen LogP contribution is -2.46. The van der Waals surface area contributed by atoms with Crippen LogP contribution in [0.4, 0.5) is 0 Å². The van der Waals surface area contributed by atoms with Crippen LogP contribution in [0.3, 0.4) is 0 Å². The van der Waals surface area contributed by atoms with E-state index in [0.717, 1.165) is 0 Å². The molecule has 0 aliphatic heterocycles. The van der Waals surface area contributed by atoms with Crippen molar-refractivity contribution in [3.05, 3.63) is 34.9 Å². The van der Waals surface area contributed by atoms with Crippen LogP contribution in [0.2, 0.25) is 5.02 Å². The summed E-state index contributed by atoms with van der Waals surface area (Å²) in [6.45, 7) is 5.77. The van der Waals surface area contributed by atoms with Crippen molar-refractivity contribution in [3.8, 4) is 0 Å². The molecule has 0 unspecified atom stereocenters. The Balaban J connectivity index is 2.39. The van der Waals surface area contributed by atoms with Crippen molar-refractivity contribution in [1.82, 2.24) is 15.5 Å². The molecule has 1 aromatic carbocycles. The Labute approximate surface area is 147 Å². The monoisotopic (exact) mass is 353 g/mol. The average Bonchev–Trinajstić information content (AvgIpc) is 2.45. The first-order valence-electron chi connectivity index (χ1n) is 7.68. The molecule has 7 heteroatoms. The molecule has 3 amide bonds. The van der Waals surface area contributed by atoms with Gasteiger partial charge in [-0.2, -0.15) is 0 Å². The SMILES string of the molecule is CN(CC(=O)NC(C)(C)C)C(=O)CCNC(=O)c1ccccc1Cl. The number of carbonyl (C=O) groups is 3. The minimum atomic E-state index is -0.343. The van der Waals surface area contributed by atoms with E-state index < -0.39 is 0 Å². The largest absolute Gasteiger partial charge is 0.351 e. The van der Waals surface area contributed by atoms with Gasteiger partial charge in [0.05, 0.1) is 17.1 Å². The number of likely N-dealkylation sites (N-methyl/N-ethyl adjacent to an activating group) is 1. The highest BCUT2D eigenvalue weighted by atomic mass is 35.5. The van der Waals surface area contributed by atoms with Gasteiger partial charge in [0.1, 0.15) is 0 Å². The van der Waals surface area contributed by atoms with Gasteiger partial charge >= 0.3 is 0 Å². The Bertz CT molecular complexity index is 611. The lowest BCUT2D eigenvalue weighted by atomic mass is 10.1. The number of nitrogens with zero attached hydrogens (tertiary/aromatic N) is 1. The highest BCUT2D eigenvalue weighted by molar-refractivity contribution is 6.33. The number of hydrogen-bond donors (Lipinski definition) is 2. The Hall–Kier alpha value is -2.08. The summed E-state index contributed by atoms with van der Waals surface area (Å²) in [5.74, 6) is -0.779. The average molecular weight is 354 g/mol. The molecule has 0 fully saturated rings. The second kappa shape index (κ2) is 8.68. The van der Waals surface area contributed by atoms with Crippen LogP contribution in [-0.2, 0) is 9.59 Å². The maximum Gasteiger partial charge on any atom is 0.252 e. The number of benzene rings is 1. The van der Waals surface area contributed by atoms with Gasteiger partial charge in [-0.15, -0.1) is 0 Å². The molecule has 24 heavy (non-hydrogen) atoms. The van der Waals surface area contributed by atoms with Gasteiger partial charge in [-0.3, -0.25) is 14.4 Å². The first kappa shape index (κ1) is 20.0. The Morgan fingerprint density at radius 3 is 2.38 bits per heavy atom. The first-order valence-corrected chi connectivity index (χ1v) is 8.05. The third-order valence-electron chi connectivity index (χ3n) is 3.06. The van der Waals surface area contributed by atoms with Crippen LogP contribution in [0, 0.1) is 0 Å². The van der Waals surface area contributed by atoms with Crippen molar-refractivity contribution in [2.24, 2.45) is 0 Å². The predicted octanol–water partition coefficient (Wildman–Crippen LogP) is 1.83. The number of amides is 3. The van der Waals surface area contributed by atoms with Gasteiger partial charge in [-0.25, -0.2) is 0 Å². The number of rotatable bonds is 6. The summed E-state index contributed by atoms with van der Waals surface area (Å²) in [6, 6.07) is 6.69. The van der Waals surface area contributed by atoms with Gasteiger partial charge < -0.3 is 15.5 Å². The van der Waals surface area contributed by atoms with E-state index in [0.29, 0.717) is 10.6 Å². The van der Waals surface area contributed by atoms with E-state index in [1.54, 1.807) is 31.3 Å². The number of halogens is 1. The summed E-state index contributed by atoms with van der Waals surface area (Å²) in [4.78, 5) is 37.1. The predicted molar refractivity (Wildman–Crippen MR) is 93.9 cm³/mol. The van der Waals surface area contributed by atoms with Crippen molar-refractivity contribution < 1.29 is 14.4 Å². The van der Waals surface area contributed by atoms with Crippen LogP contribution in [0.15, 0.2) is 24.3 Å². The summed E-state index contributed by atoms with van der Waals surface area (Å²) in [7, 11) is 1.56.